The van der Waals surface area contributed by atoms with Crippen LogP contribution in [0.2, 0.25) is 0 Å². The third kappa shape index (κ3) is 3.20. The fraction of sp³-hybridized carbons (Fsp3) is 0.200. The van der Waals surface area contributed by atoms with E-state index in [2.05, 4.69) is 15.3 Å². The third-order valence-electron chi connectivity index (χ3n) is 2.31. The Balaban J connectivity index is 2.29. The zero-order chi connectivity index (χ0) is 14.8. The number of rotatable bonds is 4. The number of nitro groups is 1. The molecule has 106 valence electrons. The van der Waals surface area contributed by atoms with Crippen LogP contribution in [0.25, 0.3) is 0 Å². The Morgan fingerprint density at radius 2 is 2.15 bits per heavy atom. The number of nitrogens with zero attached hydrogens (tertiary/aromatic N) is 3. The number of alkyl halides is 3. The van der Waals surface area contributed by atoms with Gasteiger partial charge in [-0.1, -0.05) is 0 Å². The average molecular weight is 304 g/mol. The van der Waals surface area contributed by atoms with Crippen LogP contribution in [0.5, 0.6) is 0 Å². The van der Waals surface area contributed by atoms with Gasteiger partial charge >= 0.3 is 11.9 Å². The van der Waals surface area contributed by atoms with Gasteiger partial charge in [-0.3, -0.25) is 15.1 Å². The predicted molar refractivity (Wildman–Crippen MR) is 65.3 cm³/mol. The van der Waals surface area contributed by atoms with Crippen molar-refractivity contribution in [2.45, 2.75) is 12.7 Å². The van der Waals surface area contributed by atoms with E-state index >= 15 is 0 Å². The zero-order valence-electron chi connectivity index (χ0n) is 9.72. The average Bonchev–Trinajstić information content (AvgIpc) is 2.87. The molecule has 0 radical (unpaired) electrons. The monoisotopic (exact) mass is 304 g/mol. The Labute approximate surface area is 114 Å². The highest BCUT2D eigenvalue weighted by atomic mass is 32.1. The SMILES string of the molecule is O=[N+]([O-])c1cnc(C(F)(F)F)cc1NCc1cncs1. The molecule has 2 heterocycles. The fourth-order valence-electron chi connectivity index (χ4n) is 1.40. The van der Waals surface area contributed by atoms with Crippen molar-refractivity contribution in [3.63, 3.8) is 0 Å². The van der Waals surface area contributed by atoms with Crippen LogP contribution in [0.15, 0.2) is 24.0 Å². The highest BCUT2D eigenvalue weighted by Crippen LogP contribution is 2.33. The predicted octanol–water partition coefficient (Wildman–Crippen LogP) is 3.08. The minimum atomic E-state index is -4.66. The summed E-state index contributed by atoms with van der Waals surface area (Å²) in [6.07, 6.45) is -2.54. The van der Waals surface area contributed by atoms with E-state index in [9.17, 15) is 23.3 Å². The molecule has 0 aromatic carbocycles. The minimum Gasteiger partial charge on any atom is -0.374 e. The lowest BCUT2D eigenvalue weighted by Gasteiger charge is -2.09. The van der Waals surface area contributed by atoms with Gasteiger partial charge in [0.1, 0.15) is 17.6 Å². The molecule has 0 aliphatic rings. The van der Waals surface area contributed by atoms with Crippen molar-refractivity contribution in [3.05, 3.63) is 44.7 Å². The molecule has 20 heavy (non-hydrogen) atoms. The lowest BCUT2D eigenvalue weighted by molar-refractivity contribution is -0.384. The molecule has 0 fully saturated rings. The number of hydrogen-bond donors (Lipinski definition) is 1. The maximum Gasteiger partial charge on any atom is 0.433 e. The van der Waals surface area contributed by atoms with Crippen molar-refractivity contribution in [1.82, 2.24) is 9.97 Å². The van der Waals surface area contributed by atoms with Gasteiger partial charge in [0.15, 0.2) is 0 Å². The van der Waals surface area contributed by atoms with Crippen LogP contribution in [0.4, 0.5) is 24.5 Å². The largest absolute Gasteiger partial charge is 0.433 e. The molecule has 0 spiro atoms. The van der Waals surface area contributed by atoms with E-state index in [1.165, 1.54) is 17.5 Å². The van der Waals surface area contributed by atoms with Gasteiger partial charge in [-0.05, 0) is 6.07 Å². The summed E-state index contributed by atoms with van der Waals surface area (Å²) in [4.78, 5) is 17.6. The molecule has 6 nitrogen and oxygen atoms in total. The van der Waals surface area contributed by atoms with Crippen molar-refractivity contribution in [2.24, 2.45) is 0 Å². The number of halogens is 3. The molecule has 0 aliphatic heterocycles. The Hall–Kier alpha value is -2.23. The number of aromatic nitrogens is 2. The Morgan fingerprint density at radius 1 is 1.40 bits per heavy atom. The van der Waals surface area contributed by atoms with Crippen LogP contribution in [0.3, 0.4) is 0 Å². The summed E-state index contributed by atoms with van der Waals surface area (Å²) < 4.78 is 37.6. The molecule has 0 unspecified atom stereocenters. The van der Waals surface area contributed by atoms with Crippen LogP contribution < -0.4 is 5.32 Å². The second kappa shape index (κ2) is 5.41. The molecule has 0 bridgehead atoms. The minimum absolute atomic E-state index is 0.146. The highest BCUT2D eigenvalue weighted by Gasteiger charge is 2.34. The molecule has 10 heteroatoms. The Bertz CT molecular complexity index is 615. The summed E-state index contributed by atoms with van der Waals surface area (Å²) in [5, 5.41) is 13.4. The molecule has 0 saturated carbocycles. The summed E-state index contributed by atoms with van der Waals surface area (Å²) >= 11 is 1.28. The smallest absolute Gasteiger partial charge is 0.374 e. The highest BCUT2D eigenvalue weighted by molar-refractivity contribution is 7.09. The summed E-state index contributed by atoms with van der Waals surface area (Å²) in [6.45, 7) is 0.146. The summed E-state index contributed by atoms with van der Waals surface area (Å²) in [5.41, 5.74) is -0.373. The van der Waals surface area contributed by atoms with Gasteiger partial charge in [0.25, 0.3) is 0 Å². The lowest BCUT2D eigenvalue weighted by Crippen LogP contribution is -2.10. The first kappa shape index (κ1) is 14.2. The number of pyridine rings is 1. The molecular weight excluding hydrogens is 297 g/mol. The van der Waals surface area contributed by atoms with Crippen LogP contribution in [-0.2, 0) is 12.7 Å². The van der Waals surface area contributed by atoms with E-state index in [1.54, 1.807) is 5.51 Å². The van der Waals surface area contributed by atoms with Crippen molar-refractivity contribution in [2.75, 3.05) is 5.32 Å². The molecule has 2 aromatic rings. The first-order valence-corrected chi connectivity index (χ1v) is 6.09. The summed E-state index contributed by atoms with van der Waals surface area (Å²) in [7, 11) is 0. The molecule has 0 saturated heterocycles. The Morgan fingerprint density at radius 3 is 2.70 bits per heavy atom. The molecule has 0 amide bonds. The zero-order valence-corrected chi connectivity index (χ0v) is 10.5. The molecule has 0 atom stereocenters. The number of anilines is 1. The molecule has 0 aliphatic carbocycles. The van der Waals surface area contributed by atoms with Gasteiger partial charge in [0, 0.05) is 11.1 Å². The van der Waals surface area contributed by atoms with Gasteiger partial charge in [0.2, 0.25) is 0 Å². The quantitative estimate of drug-likeness (QED) is 0.693. The van der Waals surface area contributed by atoms with Crippen molar-refractivity contribution in [3.8, 4) is 0 Å². The van der Waals surface area contributed by atoms with Crippen LogP contribution >= 0.6 is 11.3 Å². The summed E-state index contributed by atoms with van der Waals surface area (Å²) in [5.74, 6) is 0. The van der Waals surface area contributed by atoms with Gasteiger partial charge in [-0.25, -0.2) is 4.98 Å². The first-order chi connectivity index (χ1) is 9.38. The lowest BCUT2D eigenvalue weighted by atomic mass is 10.2. The number of hydrogen-bond acceptors (Lipinski definition) is 6. The molecular formula is C10H7F3N4O2S. The van der Waals surface area contributed by atoms with Crippen molar-refractivity contribution >= 4 is 22.7 Å². The van der Waals surface area contributed by atoms with E-state index in [1.807, 2.05) is 0 Å². The second-order valence-electron chi connectivity index (χ2n) is 3.66. The van der Waals surface area contributed by atoms with E-state index in [4.69, 9.17) is 0 Å². The maximum absolute atomic E-state index is 12.5. The van der Waals surface area contributed by atoms with Crippen LogP contribution in [-0.4, -0.2) is 14.9 Å². The van der Waals surface area contributed by atoms with Gasteiger partial charge in [-0.15, -0.1) is 11.3 Å². The van der Waals surface area contributed by atoms with Gasteiger partial charge in [-0.2, -0.15) is 13.2 Å². The van der Waals surface area contributed by atoms with Crippen LogP contribution in [0.1, 0.15) is 10.6 Å². The maximum atomic E-state index is 12.5. The van der Waals surface area contributed by atoms with Crippen molar-refractivity contribution < 1.29 is 18.1 Å². The van der Waals surface area contributed by atoms with E-state index < -0.39 is 22.5 Å². The van der Waals surface area contributed by atoms with E-state index in [-0.39, 0.29) is 12.2 Å². The van der Waals surface area contributed by atoms with E-state index in [0.29, 0.717) is 12.3 Å². The number of nitrogens with one attached hydrogen (secondary N) is 1. The molecule has 1 N–H and O–H groups in total. The van der Waals surface area contributed by atoms with E-state index in [0.717, 1.165) is 4.88 Å². The van der Waals surface area contributed by atoms with Crippen molar-refractivity contribution in [1.29, 1.82) is 0 Å². The number of thiazole rings is 1. The molecule has 2 aromatic heterocycles. The standard InChI is InChI=1S/C10H7F3N4O2S/c11-10(12,13)9-1-7(8(4-16-9)17(18)19)15-3-6-2-14-5-20-6/h1-2,4-5H,3H2,(H,15,16). The topological polar surface area (TPSA) is 81.0 Å². The Kier molecular flexibility index (Phi) is 3.84. The molecule has 2 rings (SSSR count). The van der Waals surface area contributed by atoms with Gasteiger partial charge in [0.05, 0.1) is 17.0 Å². The third-order valence-corrected chi connectivity index (χ3v) is 3.09. The van der Waals surface area contributed by atoms with Gasteiger partial charge < -0.3 is 5.32 Å². The fourth-order valence-corrected chi connectivity index (χ4v) is 1.94. The first-order valence-electron chi connectivity index (χ1n) is 5.21. The normalized spacial score (nSPS) is 11.3. The summed E-state index contributed by atoms with van der Waals surface area (Å²) in [6, 6.07) is 0.624. The second-order valence-corrected chi connectivity index (χ2v) is 4.63. The van der Waals surface area contributed by atoms with Crippen LogP contribution in [0, 0.1) is 10.1 Å².